The van der Waals surface area contributed by atoms with Crippen molar-refractivity contribution >= 4 is 0 Å². The molecule has 0 aliphatic heterocycles. The maximum Gasteiger partial charge on any atom is 0.0606 e. The van der Waals surface area contributed by atoms with Gasteiger partial charge in [0.2, 0.25) is 0 Å². The first kappa shape index (κ1) is 11.3. The second-order valence-corrected chi connectivity index (χ2v) is 4.06. The lowest BCUT2D eigenvalue weighted by molar-refractivity contribution is 0.138. The van der Waals surface area contributed by atoms with Gasteiger partial charge in [-0.2, -0.15) is 0 Å². The molecule has 1 aromatic carbocycles. The minimum absolute atomic E-state index is 0.207. The quantitative estimate of drug-likeness (QED) is 0.776. The fourth-order valence-corrected chi connectivity index (χ4v) is 1.72. The van der Waals surface area contributed by atoms with Gasteiger partial charge >= 0.3 is 0 Å². The molecule has 78 valence electrons. The highest BCUT2D eigenvalue weighted by Gasteiger charge is 2.14. The van der Waals surface area contributed by atoms with Gasteiger partial charge in [0.15, 0.2) is 0 Å². The van der Waals surface area contributed by atoms with Gasteiger partial charge in [-0.05, 0) is 18.9 Å². The molecule has 1 N–H and O–H groups in total. The molecule has 0 fully saturated rings. The Morgan fingerprint density at radius 2 is 2.07 bits per heavy atom. The lowest BCUT2D eigenvalue weighted by atomic mass is 9.92. The highest BCUT2D eigenvalue weighted by Crippen LogP contribution is 2.22. The second kappa shape index (κ2) is 5.16. The van der Waals surface area contributed by atoms with E-state index >= 15 is 0 Å². The second-order valence-electron chi connectivity index (χ2n) is 4.06. The molecule has 1 unspecified atom stereocenters. The molecule has 0 aliphatic carbocycles. The van der Waals surface area contributed by atoms with E-state index in [9.17, 15) is 5.11 Å². The minimum Gasteiger partial charge on any atom is -0.393 e. The topological polar surface area (TPSA) is 20.2 Å². The summed E-state index contributed by atoms with van der Waals surface area (Å²) in [6, 6.07) is 8.39. The third-order valence-electron chi connectivity index (χ3n) is 2.73. The Kier molecular flexibility index (Phi) is 4.15. The van der Waals surface area contributed by atoms with Crippen molar-refractivity contribution in [3.8, 4) is 0 Å². The molecule has 0 saturated heterocycles. The molecule has 0 spiro atoms. The van der Waals surface area contributed by atoms with Crippen molar-refractivity contribution in [3.05, 3.63) is 35.4 Å². The van der Waals surface area contributed by atoms with Crippen molar-refractivity contribution in [3.63, 3.8) is 0 Å². The van der Waals surface area contributed by atoms with Crippen molar-refractivity contribution in [2.45, 2.75) is 45.6 Å². The summed E-state index contributed by atoms with van der Waals surface area (Å²) in [5.41, 5.74) is 2.50. The van der Waals surface area contributed by atoms with Crippen LogP contribution in [0.3, 0.4) is 0 Å². The summed E-state index contributed by atoms with van der Waals surface area (Å²) < 4.78 is 0. The standard InChI is InChI=1S/C13H20O/c1-4-6-13(14)11(3)12-8-5-7-10(2)9-12/h5,7-9,11,13-14H,4,6H2,1-3H3/t11?,13-/m1/s1. The predicted molar refractivity (Wildman–Crippen MR) is 60.5 cm³/mol. The number of aryl methyl sites for hydroxylation is 1. The molecule has 0 heterocycles. The Hall–Kier alpha value is -0.820. The number of benzene rings is 1. The van der Waals surface area contributed by atoms with E-state index in [4.69, 9.17) is 0 Å². The Morgan fingerprint density at radius 3 is 2.64 bits per heavy atom. The number of hydrogen-bond donors (Lipinski definition) is 1. The van der Waals surface area contributed by atoms with Crippen LogP contribution < -0.4 is 0 Å². The Bertz CT molecular complexity index is 280. The Labute approximate surface area is 86.8 Å². The molecule has 1 aromatic rings. The lowest BCUT2D eigenvalue weighted by Crippen LogP contribution is -2.15. The van der Waals surface area contributed by atoms with Crippen LogP contribution in [0.5, 0.6) is 0 Å². The van der Waals surface area contributed by atoms with Gasteiger partial charge in [-0.25, -0.2) is 0 Å². The summed E-state index contributed by atoms with van der Waals surface area (Å²) in [5.74, 6) is 0.245. The predicted octanol–water partition coefficient (Wildman–Crippen LogP) is 3.26. The first-order chi connectivity index (χ1) is 6.65. The van der Waals surface area contributed by atoms with Crippen LogP contribution in [-0.4, -0.2) is 11.2 Å². The summed E-state index contributed by atoms with van der Waals surface area (Å²) in [4.78, 5) is 0. The van der Waals surface area contributed by atoms with Crippen LogP contribution in [0.1, 0.15) is 43.7 Å². The Morgan fingerprint density at radius 1 is 1.36 bits per heavy atom. The van der Waals surface area contributed by atoms with E-state index in [1.807, 2.05) is 0 Å². The molecule has 14 heavy (non-hydrogen) atoms. The van der Waals surface area contributed by atoms with Crippen LogP contribution in [0.25, 0.3) is 0 Å². The summed E-state index contributed by atoms with van der Waals surface area (Å²) in [6.45, 7) is 6.28. The van der Waals surface area contributed by atoms with Crippen LogP contribution in [0.2, 0.25) is 0 Å². The van der Waals surface area contributed by atoms with Crippen molar-refractivity contribution < 1.29 is 5.11 Å². The summed E-state index contributed by atoms with van der Waals surface area (Å²) >= 11 is 0. The zero-order valence-electron chi connectivity index (χ0n) is 9.33. The van der Waals surface area contributed by atoms with Gasteiger partial charge in [0, 0.05) is 5.92 Å². The van der Waals surface area contributed by atoms with E-state index in [1.54, 1.807) is 0 Å². The van der Waals surface area contributed by atoms with E-state index in [0.29, 0.717) is 0 Å². The maximum atomic E-state index is 9.86. The molecule has 2 atom stereocenters. The van der Waals surface area contributed by atoms with Gasteiger partial charge in [-0.3, -0.25) is 0 Å². The summed E-state index contributed by atoms with van der Waals surface area (Å²) in [6.07, 6.45) is 1.72. The molecule has 1 rings (SSSR count). The van der Waals surface area contributed by atoms with Crippen LogP contribution >= 0.6 is 0 Å². The molecular weight excluding hydrogens is 172 g/mol. The molecule has 0 saturated carbocycles. The average molecular weight is 192 g/mol. The number of aliphatic hydroxyl groups excluding tert-OH is 1. The fraction of sp³-hybridized carbons (Fsp3) is 0.538. The zero-order valence-corrected chi connectivity index (χ0v) is 9.33. The van der Waals surface area contributed by atoms with Crippen molar-refractivity contribution in [2.24, 2.45) is 0 Å². The fourth-order valence-electron chi connectivity index (χ4n) is 1.72. The van der Waals surface area contributed by atoms with Crippen LogP contribution in [0.4, 0.5) is 0 Å². The number of rotatable bonds is 4. The van der Waals surface area contributed by atoms with E-state index < -0.39 is 0 Å². The van der Waals surface area contributed by atoms with E-state index in [2.05, 4.69) is 45.0 Å². The highest BCUT2D eigenvalue weighted by atomic mass is 16.3. The van der Waals surface area contributed by atoms with Gasteiger partial charge in [-0.1, -0.05) is 50.1 Å². The van der Waals surface area contributed by atoms with Crippen molar-refractivity contribution in [1.82, 2.24) is 0 Å². The van der Waals surface area contributed by atoms with Gasteiger partial charge in [0.05, 0.1) is 6.10 Å². The zero-order chi connectivity index (χ0) is 10.6. The monoisotopic (exact) mass is 192 g/mol. The van der Waals surface area contributed by atoms with Crippen LogP contribution in [-0.2, 0) is 0 Å². The molecule has 0 bridgehead atoms. The van der Waals surface area contributed by atoms with Crippen LogP contribution in [0, 0.1) is 6.92 Å². The minimum atomic E-state index is -0.207. The third-order valence-corrected chi connectivity index (χ3v) is 2.73. The average Bonchev–Trinajstić information content (AvgIpc) is 2.17. The van der Waals surface area contributed by atoms with Crippen molar-refractivity contribution in [1.29, 1.82) is 0 Å². The molecule has 1 heteroatoms. The molecule has 0 aromatic heterocycles. The third kappa shape index (κ3) is 2.85. The largest absolute Gasteiger partial charge is 0.393 e. The summed E-state index contributed by atoms with van der Waals surface area (Å²) in [7, 11) is 0. The molecular formula is C13H20O. The van der Waals surface area contributed by atoms with Crippen LogP contribution in [0.15, 0.2) is 24.3 Å². The smallest absolute Gasteiger partial charge is 0.0606 e. The van der Waals surface area contributed by atoms with E-state index in [0.717, 1.165) is 12.8 Å². The van der Waals surface area contributed by atoms with Gasteiger partial charge in [0.25, 0.3) is 0 Å². The SMILES string of the molecule is CCC[C@@H](O)C(C)c1cccc(C)c1. The molecule has 0 amide bonds. The lowest BCUT2D eigenvalue weighted by Gasteiger charge is -2.18. The van der Waals surface area contributed by atoms with E-state index in [1.165, 1.54) is 11.1 Å². The first-order valence-corrected chi connectivity index (χ1v) is 5.39. The van der Waals surface area contributed by atoms with E-state index in [-0.39, 0.29) is 12.0 Å². The molecule has 1 nitrogen and oxygen atoms in total. The molecule has 0 aliphatic rings. The van der Waals surface area contributed by atoms with Gasteiger partial charge < -0.3 is 5.11 Å². The summed E-state index contributed by atoms with van der Waals surface area (Å²) in [5, 5.41) is 9.86. The first-order valence-electron chi connectivity index (χ1n) is 5.39. The molecule has 0 radical (unpaired) electrons. The highest BCUT2D eigenvalue weighted by molar-refractivity contribution is 5.25. The number of hydrogen-bond acceptors (Lipinski definition) is 1. The van der Waals surface area contributed by atoms with Crippen molar-refractivity contribution in [2.75, 3.05) is 0 Å². The maximum absolute atomic E-state index is 9.86. The van der Waals surface area contributed by atoms with Gasteiger partial charge in [0.1, 0.15) is 0 Å². The van der Waals surface area contributed by atoms with Gasteiger partial charge in [-0.15, -0.1) is 0 Å². The Balaban J connectivity index is 2.73. The number of aliphatic hydroxyl groups is 1. The normalized spacial score (nSPS) is 15.1.